The molecular weight excluding hydrogens is 158 g/mol. The van der Waals surface area contributed by atoms with Crippen LogP contribution in [-0.2, 0) is 0 Å². The molecule has 0 radical (unpaired) electrons. The van der Waals surface area contributed by atoms with Crippen molar-refractivity contribution in [3.05, 3.63) is 45.2 Å². The first-order chi connectivity index (χ1) is 5.77. The van der Waals surface area contributed by atoms with Gasteiger partial charge in [0.25, 0.3) is 0 Å². The summed E-state index contributed by atoms with van der Waals surface area (Å²) in [6.45, 7) is 0. The Balaban J connectivity index is 3.08. The predicted molar refractivity (Wildman–Crippen MR) is 43.1 cm³/mol. The van der Waals surface area contributed by atoms with Crippen LogP contribution in [-0.4, -0.2) is 4.98 Å². The zero-order chi connectivity index (χ0) is 8.55. The molecule has 0 fully saturated rings. The third kappa shape index (κ3) is 0.934. The monoisotopic (exact) mass is 163 g/mol. The van der Waals surface area contributed by atoms with Gasteiger partial charge in [0, 0.05) is 11.5 Å². The van der Waals surface area contributed by atoms with Gasteiger partial charge in [0.05, 0.1) is 6.26 Å². The Bertz CT molecular complexity index is 523. The molecule has 2 aromatic rings. The van der Waals surface area contributed by atoms with Crippen LogP contribution in [0.2, 0.25) is 0 Å². The SMILES string of the molecule is O=c1ccc2ccoc(=O)c2[nH]1. The second-order valence-electron chi connectivity index (χ2n) is 2.36. The van der Waals surface area contributed by atoms with Crippen molar-refractivity contribution in [1.29, 1.82) is 0 Å². The summed E-state index contributed by atoms with van der Waals surface area (Å²) < 4.78 is 4.57. The van der Waals surface area contributed by atoms with E-state index >= 15 is 0 Å². The van der Waals surface area contributed by atoms with Crippen molar-refractivity contribution >= 4 is 10.9 Å². The summed E-state index contributed by atoms with van der Waals surface area (Å²) in [5.41, 5.74) is -0.615. The van der Waals surface area contributed by atoms with Gasteiger partial charge >= 0.3 is 5.63 Å². The topological polar surface area (TPSA) is 63.1 Å². The number of aromatic amines is 1. The van der Waals surface area contributed by atoms with Crippen molar-refractivity contribution in [3.8, 4) is 0 Å². The van der Waals surface area contributed by atoms with Crippen LogP contribution in [0, 0.1) is 0 Å². The maximum absolute atomic E-state index is 11.0. The van der Waals surface area contributed by atoms with Crippen molar-refractivity contribution in [3.63, 3.8) is 0 Å². The fourth-order valence-electron chi connectivity index (χ4n) is 1.02. The molecule has 0 saturated carbocycles. The Kier molecular flexibility index (Phi) is 1.33. The van der Waals surface area contributed by atoms with E-state index in [0.29, 0.717) is 5.39 Å². The number of aromatic nitrogens is 1. The van der Waals surface area contributed by atoms with E-state index in [1.54, 1.807) is 12.1 Å². The zero-order valence-corrected chi connectivity index (χ0v) is 6.03. The maximum Gasteiger partial charge on any atom is 0.360 e. The van der Waals surface area contributed by atoms with Crippen LogP contribution in [0.25, 0.3) is 10.9 Å². The highest BCUT2D eigenvalue weighted by molar-refractivity contribution is 5.75. The summed E-state index contributed by atoms with van der Waals surface area (Å²) in [7, 11) is 0. The highest BCUT2D eigenvalue weighted by Crippen LogP contribution is 2.01. The quantitative estimate of drug-likeness (QED) is 0.614. The summed E-state index contributed by atoms with van der Waals surface area (Å²) in [5.74, 6) is 0. The highest BCUT2D eigenvalue weighted by atomic mass is 16.4. The molecule has 0 aliphatic carbocycles. The smallest absolute Gasteiger partial charge is 0.360 e. The first-order valence-electron chi connectivity index (χ1n) is 3.38. The molecule has 4 heteroatoms. The fourth-order valence-corrected chi connectivity index (χ4v) is 1.02. The molecule has 0 bridgehead atoms. The van der Waals surface area contributed by atoms with E-state index in [2.05, 4.69) is 9.40 Å². The minimum atomic E-state index is -0.523. The number of fused-ring (bicyclic) bond motifs is 1. The maximum atomic E-state index is 11.0. The fraction of sp³-hybridized carbons (Fsp3) is 0. The number of nitrogens with one attached hydrogen (secondary N) is 1. The van der Waals surface area contributed by atoms with E-state index in [1.807, 2.05) is 0 Å². The summed E-state index contributed by atoms with van der Waals surface area (Å²) >= 11 is 0. The van der Waals surface area contributed by atoms with E-state index in [-0.39, 0.29) is 11.1 Å². The van der Waals surface area contributed by atoms with E-state index in [1.165, 1.54) is 12.3 Å². The lowest BCUT2D eigenvalue weighted by Gasteiger charge is -1.91. The van der Waals surface area contributed by atoms with Gasteiger partial charge in [0.15, 0.2) is 0 Å². The molecular formula is C8H5NO3. The largest absolute Gasteiger partial charge is 0.430 e. The molecule has 12 heavy (non-hydrogen) atoms. The number of rotatable bonds is 0. The van der Waals surface area contributed by atoms with Crippen molar-refractivity contribution in [1.82, 2.24) is 4.98 Å². The Morgan fingerprint density at radius 1 is 1.17 bits per heavy atom. The van der Waals surface area contributed by atoms with Crippen molar-refractivity contribution in [2.45, 2.75) is 0 Å². The molecule has 0 aliphatic heterocycles. The molecule has 60 valence electrons. The lowest BCUT2D eigenvalue weighted by molar-refractivity contribution is 0.517. The Morgan fingerprint density at radius 2 is 2.00 bits per heavy atom. The Labute approximate surface area is 66.5 Å². The molecule has 2 rings (SSSR count). The van der Waals surface area contributed by atoms with Gasteiger partial charge in [0.2, 0.25) is 5.56 Å². The lowest BCUT2D eigenvalue weighted by atomic mass is 10.3. The predicted octanol–water partition coefficient (Wildman–Crippen LogP) is 0.481. The van der Waals surface area contributed by atoms with Gasteiger partial charge in [-0.1, -0.05) is 0 Å². The molecule has 1 N–H and O–H groups in total. The normalized spacial score (nSPS) is 10.3. The van der Waals surface area contributed by atoms with E-state index in [4.69, 9.17) is 0 Å². The summed E-state index contributed by atoms with van der Waals surface area (Å²) in [6.07, 6.45) is 1.29. The molecule has 0 unspecified atom stereocenters. The molecule has 0 spiro atoms. The van der Waals surface area contributed by atoms with Crippen LogP contribution in [0.15, 0.2) is 38.5 Å². The van der Waals surface area contributed by atoms with Gasteiger partial charge < -0.3 is 9.40 Å². The highest BCUT2D eigenvalue weighted by Gasteiger charge is 1.98. The first-order valence-corrected chi connectivity index (χ1v) is 3.38. The molecule has 2 aromatic heterocycles. The minimum Gasteiger partial charge on any atom is -0.430 e. The second kappa shape index (κ2) is 2.34. The van der Waals surface area contributed by atoms with Crippen LogP contribution in [0.5, 0.6) is 0 Å². The summed E-state index contributed by atoms with van der Waals surface area (Å²) in [6, 6.07) is 4.56. The lowest BCUT2D eigenvalue weighted by Crippen LogP contribution is -2.09. The molecule has 0 saturated heterocycles. The average Bonchev–Trinajstić information content (AvgIpc) is 2.07. The first kappa shape index (κ1) is 6.84. The van der Waals surface area contributed by atoms with E-state index < -0.39 is 5.63 Å². The Morgan fingerprint density at radius 3 is 2.83 bits per heavy atom. The molecule has 0 atom stereocenters. The van der Waals surface area contributed by atoms with Gasteiger partial charge in [0.1, 0.15) is 5.52 Å². The number of H-pyrrole nitrogens is 1. The van der Waals surface area contributed by atoms with E-state index in [0.717, 1.165) is 0 Å². The summed E-state index contributed by atoms with van der Waals surface area (Å²) in [4.78, 5) is 24.2. The van der Waals surface area contributed by atoms with Crippen molar-refractivity contribution in [2.24, 2.45) is 0 Å². The molecule has 2 heterocycles. The van der Waals surface area contributed by atoms with Crippen LogP contribution in [0.4, 0.5) is 0 Å². The number of pyridine rings is 1. The molecule has 0 aliphatic rings. The third-order valence-corrected chi connectivity index (χ3v) is 1.58. The van der Waals surface area contributed by atoms with Crippen LogP contribution < -0.4 is 11.2 Å². The molecule has 0 aromatic carbocycles. The van der Waals surface area contributed by atoms with Crippen LogP contribution >= 0.6 is 0 Å². The third-order valence-electron chi connectivity index (χ3n) is 1.58. The van der Waals surface area contributed by atoms with Crippen LogP contribution in [0.1, 0.15) is 0 Å². The molecule has 4 nitrogen and oxygen atoms in total. The zero-order valence-electron chi connectivity index (χ0n) is 6.03. The van der Waals surface area contributed by atoms with E-state index in [9.17, 15) is 9.59 Å². The summed E-state index contributed by atoms with van der Waals surface area (Å²) in [5, 5.41) is 0.672. The van der Waals surface area contributed by atoms with Crippen molar-refractivity contribution < 1.29 is 4.42 Å². The standard InChI is InChI=1S/C8H5NO3/c10-6-2-1-5-3-4-12-8(11)7(5)9-6/h1-4H,(H,9,10). The van der Waals surface area contributed by atoms with Gasteiger partial charge in [-0.3, -0.25) is 4.79 Å². The number of hydrogen-bond acceptors (Lipinski definition) is 3. The van der Waals surface area contributed by atoms with Crippen molar-refractivity contribution in [2.75, 3.05) is 0 Å². The van der Waals surface area contributed by atoms with Crippen LogP contribution in [0.3, 0.4) is 0 Å². The molecule has 0 amide bonds. The van der Waals surface area contributed by atoms with Gasteiger partial charge in [-0.25, -0.2) is 4.79 Å². The van der Waals surface area contributed by atoms with Gasteiger partial charge in [-0.2, -0.15) is 0 Å². The second-order valence-corrected chi connectivity index (χ2v) is 2.36. The Hall–Kier alpha value is -1.84. The minimum absolute atomic E-state index is 0.213. The average molecular weight is 163 g/mol. The van der Waals surface area contributed by atoms with Gasteiger partial charge in [-0.05, 0) is 12.1 Å². The number of hydrogen-bond donors (Lipinski definition) is 1. The van der Waals surface area contributed by atoms with Gasteiger partial charge in [-0.15, -0.1) is 0 Å².